The van der Waals surface area contributed by atoms with Gasteiger partial charge in [0, 0.05) is 38.4 Å². The first-order valence-corrected chi connectivity index (χ1v) is 7.96. The van der Waals surface area contributed by atoms with Gasteiger partial charge in [0.1, 0.15) is 5.75 Å². The molecule has 0 saturated carbocycles. The Morgan fingerprint density at radius 3 is 2.81 bits per heavy atom. The standard InChI is InChI=1S/C17H28N2O2/c1-19(14-15-7-11-20-12-8-15)9-4-10-21-17-6-3-2-5-16(17)13-18/h2-3,5-6,15H,4,7-14,18H2,1H3. The van der Waals surface area contributed by atoms with Crippen molar-refractivity contribution in [1.82, 2.24) is 4.90 Å². The molecule has 1 aromatic carbocycles. The maximum atomic E-state index is 5.84. The SMILES string of the molecule is CN(CCCOc1ccccc1CN)CC1CCOCC1. The first-order chi connectivity index (χ1) is 10.3. The highest BCUT2D eigenvalue weighted by Crippen LogP contribution is 2.18. The summed E-state index contributed by atoms with van der Waals surface area (Å²) in [7, 11) is 2.20. The largest absolute Gasteiger partial charge is 0.493 e. The maximum absolute atomic E-state index is 5.84. The van der Waals surface area contributed by atoms with E-state index >= 15 is 0 Å². The Labute approximate surface area is 128 Å². The van der Waals surface area contributed by atoms with Gasteiger partial charge in [0.05, 0.1) is 6.61 Å². The Balaban J connectivity index is 1.62. The van der Waals surface area contributed by atoms with E-state index in [0.717, 1.165) is 50.0 Å². The van der Waals surface area contributed by atoms with Crippen molar-refractivity contribution in [3.8, 4) is 5.75 Å². The predicted molar refractivity (Wildman–Crippen MR) is 85.5 cm³/mol. The minimum atomic E-state index is 0.528. The van der Waals surface area contributed by atoms with Crippen LogP contribution < -0.4 is 10.5 Å². The lowest BCUT2D eigenvalue weighted by Crippen LogP contribution is -2.30. The quantitative estimate of drug-likeness (QED) is 0.747. The molecule has 0 bridgehead atoms. The molecule has 1 saturated heterocycles. The average Bonchev–Trinajstić information content (AvgIpc) is 2.53. The van der Waals surface area contributed by atoms with Crippen LogP contribution in [0.15, 0.2) is 24.3 Å². The molecule has 118 valence electrons. The van der Waals surface area contributed by atoms with Crippen LogP contribution in [0.4, 0.5) is 0 Å². The summed E-state index contributed by atoms with van der Waals surface area (Å²) < 4.78 is 11.2. The van der Waals surface area contributed by atoms with Gasteiger partial charge in [-0.2, -0.15) is 0 Å². The average molecular weight is 292 g/mol. The molecule has 0 spiro atoms. The van der Waals surface area contributed by atoms with E-state index in [9.17, 15) is 0 Å². The molecule has 0 amide bonds. The monoisotopic (exact) mass is 292 g/mol. The summed E-state index contributed by atoms with van der Waals surface area (Å²) in [4.78, 5) is 2.41. The summed E-state index contributed by atoms with van der Waals surface area (Å²) in [6.45, 7) is 5.37. The fourth-order valence-corrected chi connectivity index (χ4v) is 2.79. The molecule has 1 heterocycles. The topological polar surface area (TPSA) is 47.7 Å². The van der Waals surface area contributed by atoms with Crippen LogP contribution in [0.25, 0.3) is 0 Å². The van der Waals surface area contributed by atoms with Crippen LogP contribution in [0.3, 0.4) is 0 Å². The van der Waals surface area contributed by atoms with Gasteiger partial charge in [-0.1, -0.05) is 18.2 Å². The Morgan fingerprint density at radius 1 is 1.29 bits per heavy atom. The van der Waals surface area contributed by atoms with Crippen LogP contribution in [0.5, 0.6) is 5.75 Å². The smallest absolute Gasteiger partial charge is 0.123 e. The third-order valence-electron chi connectivity index (χ3n) is 4.05. The van der Waals surface area contributed by atoms with E-state index in [1.165, 1.54) is 19.4 Å². The lowest BCUT2D eigenvalue weighted by molar-refractivity contribution is 0.0552. The van der Waals surface area contributed by atoms with Gasteiger partial charge in [-0.25, -0.2) is 0 Å². The summed E-state index contributed by atoms with van der Waals surface area (Å²) in [5.41, 5.74) is 6.79. The third-order valence-corrected chi connectivity index (χ3v) is 4.05. The van der Waals surface area contributed by atoms with Crippen LogP contribution in [-0.2, 0) is 11.3 Å². The number of rotatable bonds is 8. The molecule has 0 atom stereocenters. The molecule has 1 aliphatic rings. The number of hydrogen-bond acceptors (Lipinski definition) is 4. The Hall–Kier alpha value is -1.10. The molecule has 0 radical (unpaired) electrons. The predicted octanol–water partition coefficient (Wildman–Crippen LogP) is 2.27. The van der Waals surface area contributed by atoms with Crippen molar-refractivity contribution < 1.29 is 9.47 Å². The van der Waals surface area contributed by atoms with Crippen LogP contribution in [-0.4, -0.2) is 44.9 Å². The second-order valence-electron chi connectivity index (χ2n) is 5.83. The van der Waals surface area contributed by atoms with Crippen molar-refractivity contribution in [3.63, 3.8) is 0 Å². The summed E-state index contributed by atoms with van der Waals surface area (Å²) in [5, 5.41) is 0. The van der Waals surface area contributed by atoms with Gasteiger partial charge in [0.15, 0.2) is 0 Å². The van der Waals surface area contributed by atoms with Crippen LogP contribution in [0.2, 0.25) is 0 Å². The highest BCUT2D eigenvalue weighted by molar-refractivity contribution is 5.32. The van der Waals surface area contributed by atoms with E-state index in [1.54, 1.807) is 0 Å². The highest BCUT2D eigenvalue weighted by atomic mass is 16.5. The molecule has 21 heavy (non-hydrogen) atoms. The maximum Gasteiger partial charge on any atom is 0.123 e. The second-order valence-corrected chi connectivity index (χ2v) is 5.83. The molecule has 2 rings (SSSR count). The normalized spacial score (nSPS) is 16.3. The van der Waals surface area contributed by atoms with Gasteiger partial charge in [0.2, 0.25) is 0 Å². The van der Waals surface area contributed by atoms with E-state index in [4.69, 9.17) is 15.2 Å². The molecule has 1 aliphatic heterocycles. The molecule has 0 aromatic heterocycles. The lowest BCUT2D eigenvalue weighted by Gasteiger charge is -2.27. The Bertz CT molecular complexity index is 406. The second kappa shape index (κ2) is 9.03. The van der Waals surface area contributed by atoms with Crippen molar-refractivity contribution in [2.75, 3.05) is 40.0 Å². The molecule has 2 N–H and O–H groups in total. The number of ether oxygens (including phenoxy) is 2. The number of nitrogens with two attached hydrogens (primary N) is 1. The number of para-hydroxylation sites is 1. The van der Waals surface area contributed by atoms with E-state index in [0.29, 0.717) is 6.54 Å². The van der Waals surface area contributed by atoms with Crippen molar-refractivity contribution in [1.29, 1.82) is 0 Å². The fraction of sp³-hybridized carbons (Fsp3) is 0.647. The Kier molecular flexibility index (Phi) is 7.00. The van der Waals surface area contributed by atoms with Crippen LogP contribution in [0.1, 0.15) is 24.8 Å². The van der Waals surface area contributed by atoms with Gasteiger partial charge in [-0.3, -0.25) is 0 Å². The summed E-state index contributed by atoms with van der Waals surface area (Å²) >= 11 is 0. The first kappa shape index (κ1) is 16.3. The fourth-order valence-electron chi connectivity index (χ4n) is 2.79. The molecule has 1 fully saturated rings. The van der Waals surface area contributed by atoms with Crippen molar-refractivity contribution in [2.24, 2.45) is 11.7 Å². The van der Waals surface area contributed by atoms with Gasteiger partial charge in [0.25, 0.3) is 0 Å². The third kappa shape index (κ3) is 5.65. The van der Waals surface area contributed by atoms with E-state index in [2.05, 4.69) is 11.9 Å². The van der Waals surface area contributed by atoms with E-state index < -0.39 is 0 Å². The van der Waals surface area contributed by atoms with E-state index in [-0.39, 0.29) is 0 Å². The molecular weight excluding hydrogens is 264 g/mol. The summed E-state index contributed by atoms with van der Waals surface area (Å²) in [6, 6.07) is 8.00. The van der Waals surface area contributed by atoms with Gasteiger partial charge in [-0.15, -0.1) is 0 Å². The van der Waals surface area contributed by atoms with Gasteiger partial charge >= 0.3 is 0 Å². The number of nitrogens with zero attached hydrogens (tertiary/aromatic N) is 1. The molecule has 1 aromatic rings. The Morgan fingerprint density at radius 2 is 2.05 bits per heavy atom. The van der Waals surface area contributed by atoms with Crippen LogP contribution in [0, 0.1) is 5.92 Å². The molecule has 0 aliphatic carbocycles. The number of hydrogen-bond donors (Lipinski definition) is 1. The zero-order valence-electron chi connectivity index (χ0n) is 13.1. The molecule has 4 heteroatoms. The zero-order chi connectivity index (χ0) is 14.9. The minimum Gasteiger partial charge on any atom is -0.493 e. The van der Waals surface area contributed by atoms with Crippen molar-refractivity contribution in [3.05, 3.63) is 29.8 Å². The zero-order valence-corrected chi connectivity index (χ0v) is 13.1. The van der Waals surface area contributed by atoms with Crippen molar-refractivity contribution in [2.45, 2.75) is 25.8 Å². The number of benzene rings is 1. The van der Waals surface area contributed by atoms with Crippen molar-refractivity contribution >= 4 is 0 Å². The molecule has 4 nitrogen and oxygen atoms in total. The molecule has 0 unspecified atom stereocenters. The minimum absolute atomic E-state index is 0.528. The highest BCUT2D eigenvalue weighted by Gasteiger charge is 2.15. The first-order valence-electron chi connectivity index (χ1n) is 7.96. The summed E-state index contributed by atoms with van der Waals surface area (Å²) in [5.74, 6) is 1.72. The van der Waals surface area contributed by atoms with Gasteiger partial charge < -0.3 is 20.1 Å². The molecular formula is C17H28N2O2. The lowest BCUT2D eigenvalue weighted by atomic mass is 10.00. The van der Waals surface area contributed by atoms with Crippen LogP contribution >= 0.6 is 0 Å². The summed E-state index contributed by atoms with van der Waals surface area (Å²) in [6.07, 6.45) is 3.44. The van der Waals surface area contributed by atoms with Gasteiger partial charge in [-0.05, 0) is 38.3 Å². The van der Waals surface area contributed by atoms with E-state index in [1.807, 2.05) is 24.3 Å².